The lowest BCUT2D eigenvalue weighted by Gasteiger charge is -2.04. The van der Waals surface area contributed by atoms with E-state index in [4.69, 9.17) is 10.0 Å². The molecule has 0 aliphatic heterocycles. The maximum absolute atomic E-state index is 11.6. The molecule has 0 radical (unpaired) electrons. The lowest BCUT2D eigenvalue weighted by atomic mass is 9.81. The van der Waals surface area contributed by atoms with Crippen molar-refractivity contribution in [1.82, 2.24) is 15.2 Å². The Morgan fingerprint density at radius 2 is 2.18 bits per heavy atom. The van der Waals surface area contributed by atoms with Crippen LogP contribution in [-0.2, 0) is 0 Å². The number of nitrogens with one attached hydrogen (secondary N) is 2. The minimum absolute atomic E-state index is 0.232. The topological polar surface area (TPSA) is 111 Å². The maximum atomic E-state index is 11.6. The molecule has 0 unspecified atom stereocenters. The average molecular weight is 232 g/mol. The number of carbonyl (C=O) groups is 1. The third-order valence-corrected chi connectivity index (χ3v) is 2.07. The molecule has 86 valence electrons. The molecule has 0 aliphatic rings. The Bertz CT molecular complexity index is 515. The fourth-order valence-electron chi connectivity index (χ4n) is 1.24. The molecule has 2 aromatic rings. The second kappa shape index (κ2) is 4.77. The summed E-state index contributed by atoms with van der Waals surface area (Å²) in [6, 6.07) is 4.33. The Morgan fingerprint density at radius 1 is 1.35 bits per heavy atom. The van der Waals surface area contributed by atoms with Crippen LogP contribution in [0.15, 0.2) is 30.6 Å². The van der Waals surface area contributed by atoms with E-state index in [0.717, 1.165) is 0 Å². The van der Waals surface area contributed by atoms with Crippen LogP contribution in [0.3, 0.4) is 0 Å². The van der Waals surface area contributed by atoms with Crippen molar-refractivity contribution in [3.8, 4) is 0 Å². The molecular weight excluding hydrogens is 223 g/mol. The predicted molar refractivity (Wildman–Crippen MR) is 60.6 cm³/mol. The average Bonchev–Trinajstić information content (AvgIpc) is 2.82. The van der Waals surface area contributed by atoms with Gasteiger partial charge in [0.25, 0.3) is 5.91 Å². The molecule has 0 aliphatic carbocycles. The first-order chi connectivity index (χ1) is 8.16. The van der Waals surface area contributed by atoms with Gasteiger partial charge in [-0.15, -0.1) is 0 Å². The van der Waals surface area contributed by atoms with Crippen molar-refractivity contribution in [2.24, 2.45) is 0 Å². The summed E-state index contributed by atoms with van der Waals surface area (Å²) in [4.78, 5) is 15.5. The number of hydrogen-bond acceptors (Lipinski definition) is 5. The fourth-order valence-corrected chi connectivity index (χ4v) is 1.24. The van der Waals surface area contributed by atoms with Crippen molar-refractivity contribution < 1.29 is 14.8 Å². The zero-order valence-corrected chi connectivity index (χ0v) is 8.66. The first kappa shape index (κ1) is 11.3. The Labute approximate surface area is 96.7 Å². The van der Waals surface area contributed by atoms with Gasteiger partial charge in [-0.25, -0.2) is 4.98 Å². The summed E-state index contributed by atoms with van der Waals surface area (Å²) in [6.45, 7) is 0. The van der Waals surface area contributed by atoms with Gasteiger partial charge in [-0.1, -0.05) is 0 Å². The van der Waals surface area contributed by atoms with Crippen LogP contribution < -0.4 is 10.8 Å². The number of rotatable bonds is 3. The van der Waals surface area contributed by atoms with E-state index in [-0.39, 0.29) is 11.3 Å². The summed E-state index contributed by atoms with van der Waals surface area (Å²) < 4.78 is 0. The normalized spacial score (nSPS) is 10.0. The summed E-state index contributed by atoms with van der Waals surface area (Å²) >= 11 is 0. The van der Waals surface area contributed by atoms with Crippen LogP contribution in [0.5, 0.6) is 0 Å². The van der Waals surface area contributed by atoms with Crippen LogP contribution in [0, 0.1) is 0 Å². The Hall–Kier alpha value is -2.19. The van der Waals surface area contributed by atoms with Crippen LogP contribution >= 0.6 is 0 Å². The summed E-state index contributed by atoms with van der Waals surface area (Å²) in [5, 5.41) is 26.6. The van der Waals surface area contributed by atoms with Gasteiger partial charge in [-0.05, 0) is 23.7 Å². The highest BCUT2D eigenvalue weighted by Gasteiger charge is 2.13. The number of aromatic amines is 1. The maximum Gasteiger partial charge on any atom is 0.488 e. The van der Waals surface area contributed by atoms with Gasteiger partial charge in [0.15, 0.2) is 0 Å². The van der Waals surface area contributed by atoms with Crippen molar-refractivity contribution >= 4 is 24.3 Å². The van der Waals surface area contributed by atoms with Crippen molar-refractivity contribution in [3.63, 3.8) is 0 Å². The Kier molecular flexibility index (Phi) is 3.17. The highest BCUT2D eigenvalue weighted by atomic mass is 16.4. The Balaban J connectivity index is 2.14. The second-order valence-electron chi connectivity index (χ2n) is 3.27. The smallest absolute Gasteiger partial charge is 0.423 e. The number of nitrogens with zero attached hydrogens (tertiary/aromatic N) is 2. The molecule has 7 nitrogen and oxygen atoms in total. The van der Waals surface area contributed by atoms with Gasteiger partial charge in [0, 0.05) is 12.4 Å². The van der Waals surface area contributed by atoms with Crippen LogP contribution in [0.2, 0.25) is 0 Å². The SMILES string of the molecule is O=C(Nc1cc(B(O)O)ccn1)c1ccn[nH]1. The van der Waals surface area contributed by atoms with E-state index in [1.54, 1.807) is 0 Å². The lowest BCUT2D eigenvalue weighted by molar-refractivity contribution is 0.102. The summed E-state index contributed by atoms with van der Waals surface area (Å²) in [7, 11) is -1.60. The third kappa shape index (κ3) is 2.68. The summed E-state index contributed by atoms with van der Waals surface area (Å²) in [5.74, 6) is -0.172. The zero-order chi connectivity index (χ0) is 12.3. The predicted octanol–water partition coefficient (Wildman–Crippen LogP) is -1.26. The largest absolute Gasteiger partial charge is 0.488 e. The van der Waals surface area contributed by atoms with Crippen LogP contribution in [0.4, 0.5) is 5.82 Å². The molecular formula is C9H9BN4O3. The first-order valence-corrected chi connectivity index (χ1v) is 4.79. The molecule has 2 aromatic heterocycles. The first-order valence-electron chi connectivity index (χ1n) is 4.79. The van der Waals surface area contributed by atoms with Crippen LogP contribution in [0.1, 0.15) is 10.5 Å². The molecule has 8 heteroatoms. The monoisotopic (exact) mass is 232 g/mol. The van der Waals surface area contributed by atoms with Crippen molar-refractivity contribution in [3.05, 3.63) is 36.3 Å². The minimum atomic E-state index is -1.60. The molecule has 1 amide bonds. The molecule has 0 atom stereocenters. The lowest BCUT2D eigenvalue weighted by Crippen LogP contribution is -2.30. The molecule has 0 fully saturated rings. The van der Waals surface area contributed by atoms with Gasteiger partial charge in [0.05, 0.1) is 0 Å². The molecule has 0 aromatic carbocycles. The van der Waals surface area contributed by atoms with Crippen LogP contribution in [-0.4, -0.2) is 38.3 Å². The quantitative estimate of drug-likeness (QED) is 0.493. The molecule has 0 saturated heterocycles. The van der Waals surface area contributed by atoms with E-state index < -0.39 is 13.0 Å². The number of pyridine rings is 1. The Morgan fingerprint density at radius 3 is 2.82 bits per heavy atom. The number of aromatic nitrogens is 3. The van der Waals surface area contributed by atoms with Gasteiger partial charge in [0.1, 0.15) is 11.5 Å². The van der Waals surface area contributed by atoms with Gasteiger partial charge in [-0.3, -0.25) is 9.89 Å². The molecule has 4 N–H and O–H groups in total. The van der Waals surface area contributed by atoms with Gasteiger partial charge < -0.3 is 15.4 Å². The number of H-pyrrole nitrogens is 1. The second-order valence-corrected chi connectivity index (χ2v) is 3.27. The zero-order valence-electron chi connectivity index (χ0n) is 8.66. The minimum Gasteiger partial charge on any atom is -0.423 e. The molecule has 0 bridgehead atoms. The molecule has 17 heavy (non-hydrogen) atoms. The van der Waals surface area contributed by atoms with Crippen LogP contribution in [0.25, 0.3) is 0 Å². The number of hydrogen-bond donors (Lipinski definition) is 4. The third-order valence-electron chi connectivity index (χ3n) is 2.07. The summed E-state index contributed by atoms with van der Waals surface area (Å²) in [6.07, 6.45) is 2.83. The molecule has 0 saturated carbocycles. The molecule has 2 rings (SSSR count). The summed E-state index contributed by atoms with van der Waals surface area (Å²) in [5.41, 5.74) is 0.543. The van der Waals surface area contributed by atoms with E-state index in [0.29, 0.717) is 5.69 Å². The molecule has 2 heterocycles. The van der Waals surface area contributed by atoms with E-state index >= 15 is 0 Å². The number of anilines is 1. The highest BCUT2D eigenvalue weighted by Crippen LogP contribution is 2.02. The van der Waals surface area contributed by atoms with E-state index in [1.165, 1.54) is 30.6 Å². The van der Waals surface area contributed by atoms with E-state index in [1.807, 2.05) is 0 Å². The van der Waals surface area contributed by atoms with Crippen molar-refractivity contribution in [1.29, 1.82) is 0 Å². The van der Waals surface area contributed by atoms with Gasteiger partial charge in [-0.2, -0.15) is 5.10 Å². The molecule has 0 spiro atoms. The van der Waals surface area contributed by atoms with Gasteiger partial charge in [0.2, 0.25) is 0 Å². The van der Waals surface area contributed by atoms with E-state index in [9.17, 15) is 4.79 Å². The number of carbonyl (C=O) groups excluding carboxylic acids is 1. The van der Waals surface area contributed by atoms with Crippen molar-refractivity contribution in [2.45, 2.75) is 0 Å². The number of amides is 1. The van der Waals surface area contributed by atoms with Crippen molar-refractivity contribution in [2.75, 3.05) is 5.32 Å². The van der Waals surface area contributed by atoms with Gasteiger partial charge >= 0.3 is 7.12 Å². The highest BCUT2D eigenvalue weighted by molar-refractivity contribution is 6.58. The fraction of sp³-hybridized carbons (Fsp3) is 0. The standard InChI is InChI=1S/C9H9BN4O3/c15-9(7-2-4-12-14-7)13-8-5-6(10(16)17)1-3-11-8/h1-5,16-17H,(H,12,14)(H,11,13,15). The van der Waals surface area contributed by atoms with E-state index in [2.05, 4.69) is 20.5 Å².